The highest BCUT2D eigenvalue weighted by atomic mass is 35.6. The Balaban J connectivity index is 2.39. The molecule has 0 fully saturated rings. The average molecular weight is 396 g/mol. The number of ether oxygens (including phenoxy) is 2. The predicted octanol–water partition coefficient (Wildman–Crippen LogP) is 4.68. The molecule has 2 aromatic rings. The van der Waals surface area contributed by atoms with Crippen molar-refractivity contribution in [1.29, 1.82) is 0 Å². The first kappa shape index (κ1) is 18.2. The van der Waals surface area contributed by atoms with Crippen LogP contribution in [0.3, 0.4) is 0 Å². The third-order valence-corrected chi connectivity index (χ3v) is 3.08. The molecule has 1 aromatic heterocycles. The van der Waals surface area contributed by atoms with Crippen LogP contribution in [0.5, 0.6) is 11.5 Å². The quantitative estimate of drug-likeness (QED) is 0.571. The van der Waals surface area contributed by atoms with Crippen molar-refractivity contribution in [2.45, 2.75) is 16.6 Å². The Labute approximate surface area is 142 Å². The fraction of sp³-hybridized carbons (Fsp3) is 0.417. The molecular formula is C12H9Cl3F4N2O2. The highest BCUT2D eigenvalue weighted by Crippen LogP contribution is 2.39. The Morgan fingerprint density at radius 3 is 2.00 bits per heavy atom. The molecule has 11 heteroatoms. The maximum absolute atomic E-state index is 12.3. The molecule has 0 bridgehead atoms. The van der Waals surface area contributed by atoms with Crippen molar-refractivity contribution in [2.75, 3.05) is 13.2 Å². The Morgan fingerprint density at radius 1 is 1.00 bits per heavy atom. The number of H-pyrrole nitrogens is 1. The Morgan fingerprint density at radius 2 is 1.52 bits per heavy atom. The Kier molecular flexibility index (Phi) is 5.70. The molecule has 1 N–H and O–H groups in total. The van der Waals surface area contributed by atoms with Gasteiger partial charge in [0, 0.05) is 12.1 Å². The molecule has 4 nitrogen and oxygen atoms in total. The van der Waals surface area contributed by atoms with Crippen LogP contribution in [0.1, 0.15) is 5.82 Å². The summed E-state index contributed by atoms with van der Waals surface area (Å²) in [5, 5.41) is 0. The second-order valence-corrected chi connectivity index (χ2v) is 6.58. The van der Waals surface area contributed by atoms with Gasteiger partial charge in [-0.3, -0.25) is 0 Å². The highest BCUT2D eigenvalue weighted by molar-refractivity contribution is 6.66. The lowest BCUT2D eigenvalue weighted by molar-refractivity contribution is 0.0688. The summed E-state index contributed by atoms with van der Waals surface area (Å²) >= 11 is 17.1. The molecule has 0 aliphatic carbocycles. The van der Waals surface area contributed by atoms with Crippen LogP contribution in [-0.2, 0) is 3.79 Å². The van der Waals surface area contributed by atoms with E-state index in [1.165, 1.54) is 12.1 Å². The third-order valence-electron chi connectivity index (χ3n) is 2.55. The fourth-order valence-electron chi connectivity index (χ4n) is 1.68. The third kappa shape index (κ3) is 4.92. The first-order valence-corrected chi connectivity index (χ1v) is 7.23. The molecule has 0 aliphatic rings. The average Bonchev–Trinajstić information content (AvgIpc) is 2.84. The van der Waals surface area contributed by atoms with Gasteiger partial charge in [0.05, 0.1) is 11.0 Å². The summed E-state index contributed by atoms with van der Waals surface area (Å²) in [6.07, 6.45) is -5.49. The number of hydrogen-bond acceptors (Lipinski definition) is 3. The smallest absolute Gasteiger partial charge is 0.272 e. The van der Waals surface area contributed by atoms with Gasteiger partial charge in [-0.25, -0.2) is 22.5 Å². The number of fused-ring (bicyclic) bond motifs is 1. The largest absolute Gasteiger partial charge is 0.484 e. The number of alkyl halides is 7. The molecule has 1 heterocycles. The van der Waals surface area contributed by atoms with E-state index >= 15 is 0 Å². The minimum atomic E-state index is -2.75. The fourth-order valence-corrected chi connectivity index (χ4v) is 1.95. The van der Waals surface area contributed by atoms with Crippen LogP contribution in [0, 0.1) is 0 Å². The monoisotopic (exact) mass is 394 g/mol. The van der Waals surface area contributed by atoms with E-state index in [1.54, 1.807) is 0 Å². The van der Waals surface area contributed by atoms with Crippen LogP contribution in [0.4, 0.5) is 17.6 Å². The molecule has 0 unspecified atom stereocenters. The van der Waals surface area contributed by atoms with Crippen LogP contribution >= 0.6 is 34.8 Å². The van der Waals surface area contributed by atoms with Gasteiger partial charge < -0.3 is 14.5 Å². The second-order valence-electron chi connectivity index (χ2n) is 4.30. The van der Waals surface area contributed by atoms with E-state index in [1.807, 2.05) is 0 Å². The van der Waals surface area contributed by atoms with Gasteiger partial charge in [0.2, 0.25) is 3.79 Å². The zero-order chi connectivity index (χ0) is 17.2. The number of hydrogen-bond donors (Lipinski definition) is 1. The summed E-state index contributed by atoms with van der Waals surface area (Å²) in [4.78, 5) is 6.66. The van der Waals surface area contributed by atoms with E-state index < -0.39 is 29.9 Å². The van der Waals surface area contributed by atoms with Crippen LogP contribution in [0.15, 0.2) is 12.1 Å². The van der Waals surface area contributed by atoms with Gasteiger partial charge in [0.25, 0.3) is 12.9 Å². The van der Waals surface area contributed by atoms with Crippen LogP contribution in [-0.4, -0.2) is 36.0 Å². The van der Waals surface area contributed by atoms with Crippen molar-refractivity contribution in [2.24, 2.45) is 0 Å². The van der Waals surface area contributed by atoms with Crippen molar-refractivity contribution in [3.05, 3.63) is 18.0 Å². The summed E-state index contributed by atoms with van der Waals surface area (Å²) in [5.41, 5.74) is 0.542. The second kappa shape index (κ2) is 7.19. The molecule has 0 saturated carbocycles. The van der Waals surface area contributed by atoms with Gasteiger partial charge in [0.1, 0.15) is 13.2 Å². The standard InChI is InChI=1S/C12H9Cl3F4N2O2/c13-12(14,15)11-20-5-1-7(22-3-9(16)17)8(2-6(5)21-11)23-4-10(18)19/h1-2,9-10H,3-4H2,(H,20,21). The van der Waals surface area contributed by atoms with Gasteiger partial charge >= 0.3 is 0 Å². The highest BCUT2D eigenvalue weighted by Gasteiger charge is 2.27. The zero-order valence-corrected chi connectivity index (χ0v) is 13.4. The molecule has 128 valence electrons. The Bertz CT molecular complexity index is 627. The van der Waals surface area contributed by atoms with Crippen LogP contribution in [0.25, 0.3) is 11.0 Å². The van der Waals surface area contributed by atoms with E-state index in [0.717, 1.165) is 0 Å². The zero-order valence-electron chi connectivity index (χ0n) is 11.1. The van der Waals surface area contributed by atoms with Crippen LogP contribution in [0.2, 0.25) is 0 Å². The molecule has 0 saturated heterocycles. The van der Waals surface area contributed by atoms with E-state index in [0.29, 0.717) is 5.52 Å². The Hall–Kier alpha value is -1.12. The van der Waals surface area contributed by atoms with Gasteiger partial charge in [-0.15, -0.1) is 0 Å². The topological polar surface area (TPSA) is 47.1 Å². The minimum Gasteiger partial charge on any atom is -0.484 e. The van der Waals surface area contributed by atoms with Crippen molar-refractivity contribution in [1.82, 2.24) is 9.97 Å². The molecule has 0 aliphatic heterocycles. The van der Waals surface area contributed by atoms with Crippen molar-refractivity contribution >= 4 is 45.8 Å². The van der Waals surface area contributed by atoms with Gasteiger partial charge in [-0.2, -0.15) is 0 Å². The number of imidazole rings is 1. The number of aromatic nitrogens is 2. The SMILES string of the molecule is FC(F)COc1cc2nc(C(Cl)(Cl)Cl)[nH]c2cc1OCC(F)F. The lowest BCUT2D eigenvalue weighted by Gasteiger charge is -2.12. The molecule has 0 amide bonds. The van der Waals surface area contributed by atoms with Gasteiger partial charge in [0.15, 0.2) is 17.3 Å². The first-order valence-electron chi connectivity index (χ1n) is 6.09. The van der Waals surface area contributed by atoms with Crippen LogP contribution < -0.4 is 9.47 Å². The summed E-state index contributed by atoms with van der Waals surface area (Å²) < 4.78 is 57.0. The number of nitrogens with one attached hydrogen (secondary N) is 1. The maximum Gasteiger partial charge on any atom is 0.272 e. The summed E-state index contributed by atoms with van der Waals surface area (Å²) in [7, 11) is 0. The number of rotatable bonds is 6. The molecule has 0 spiro atoms. The lowest BCUT2D eigenvalue weighted by atomic mass is 10.2. The molecule has 0 radical (unpaired) electrons. The number of nitrogens with zero attached hydrogens (tertiary/aromatic N) is 1. The van der Waals surface area contributed by atoms with Gasteiger partial charge in [-0.1, -0.05) is 34.8 Å². The lowest BCUT2D eigenvalue weighted by Crippen LogP contribution is -2.11. The van der Waals surface area contributed by atoms with Gasteiger partial charge in [-0.05, 0) is 0 Å². The van der Waals surface area contributed by atoms with Crippen molar-refractivity contribution in [3.8, 4) is 11.5 Å². The molecule has 2 rings (SSSR count). The molecule has 1 aromatic carbocycles. The van der Waals surface area contributed by atoms with Crippen molar-refractivity contribution < 1.29 is 27.0 Å². The normalized spacial score (nSPS) is 12.4. The molecule has 0 atom stereocenters. The number of halogens is 7. The van der Waals surface area contributed by atoms with E-state index in [-0.39, 0.29) is 22.8 Å². The predicted molar refractivity (Wildman–Crippen MR) is 78.3 cm³/mol. The van der Waals surface area contributed by atoms with E-state index in [9.17, 15) is 17.6 Å². The van der Waals surface area contributed by atoms with E-state index in [4.69, 9.17) is 44.3 Å². The first-order chi connectivity index (χ1) is 10.7. The minimum absolute atomic E-state index is 0.0247. The molecular weight excluding hydrogens is 386 g/mol. The summed E-state index contributed by atoms with van der Waals surface area (Å²) in [6.45, 7) is -1.86. The van der Waals surface area contributed by atoms with E-state index in [2.05, 4.69) is 9.97 Å². The number of aromatic amines is 1. The van der Waals surface area contributed by atoms with Crippen molar-refractivity contribution in [3.63, 3.8) is 0 Å². The number of benzene rings is 1. The maximum atomic E-state index is 12.3. The molecule has 23 heavy (non-hydrogen) atoms. The summed E-state index contributed by atoms with van der Waals surface area (Å²) in [5.74, 6) is -0.345. The summed E-state index contributed by atoms with van der Waals surface area (Å²) in [6, 6.07) is 2.49.